The van der Waals surface area contributed by atoms with Gasteiger partial charge in [0.05, 0.1) is 9.79 Å². The molecule has 1 aromatic rings. The molecule has 1 aromatic carbocycles. The van der Waals surface area contributed by atoms with Gasteiger partial charge in [0.1, 0.15) is 0 Å². The van der Waals surface area contributed by atoms with Gasteiger partial charge >= 0.3 is 0 Å². The highest BCUT2D eigenvalue weighted by atomic mass is 32.2. The van der Waals surface area contributed by atoms with Gasteiger partial charge in [-0.1, -0.05) is 6.92 Å². The van der Waals surface area contributed by atoms with E-state index in [0.29, 0.717) is 19.5 Å². The van der Waals surface area contributed by atoms with E-state index >= 15 is 0 Å². The first kappa shape index (κ1) is 17.4. The van der Waals surface area contributed by atoms with Crippen LogP contribution in [0.5, 0.6) is 0 Å². The molecule has 1 N–H and O–H groups in total. The summed E-state index contributed by atoms with van der Waals surface area (Å²) in [5, 5.41) is 0. The topological polar surface area (TPSA) is 83.5 Å². The summed E-state index contributed by atoms with van der Waals surface area (Å²) < 4.78 is 53.0. The van der Waals surface area contributed by atoms with E-state index in [1.54, 1.807) is 6.92 Å². The third-order valence-electron chi connectivity index (χ3n) is 3.81. The molecule has 1 atom stereocenters. The molecule has 124 valence electrons. The van der Waals surface area contributed by atoms with Gasteiger partial charge in [0.2, 0.25) is 20.0 Å². The molecule has 1 saturated heterocycles. The predicted octanol–water partition coefficient (Wildman–Crippen LogP) is 1.55. The predicted molar refractivity (Wildman–Crippen MR) is 84.5 cm³/mol. The van der Waals surface area contributed by atoms with Crippen molar-refractivity contribution in [1.29, 1.82) is 0 Å². The van der Waals surface area contributed by atoms with Crippen molar-refractivity contribution < 1.29 is 16.8 Å². The first-order valence-corrected chi connectivity index (χ1v) is 10.3. The second-order valence-electron chi connectivity index (χ2n) is 5.51. The standard InChI is InChI=1S/C14H22N2O4S2/c1-3-12(2)15-21(17,18)13-6-8-14(9-7-13)22(19,20)16-10-4-5-11-16/h6-9,12,15H,3-5,10-11H2,1-2H3/t12-/m1/s1. The molecule has 1 aliphatic rings. The quantitative estimate of drug-likeness (QED) is 0.847. The average molecular weight is 346 g/mol. The lowest BCUT2D eigenvalue weighted by Gasteiger charge is -2.16. The van der Waals surface area contributed by atoms with Gasteiger partial charge in [-0.2, -0.15) is 4.31 Å². The van der Waals surface area contributed by atoms with Gasteiger partial charge in [-0.05, 0) is 50.5 Å². The van der Waals surface area contributed by atoms with Crippen LogP contribution in [-0.4, -0.2) is 40.3 Å². The Hall–Kier alpha value is -0.960. The number of nitrogens with zero attached hydrogens (tertiary/aromatic N) is 1. The van der Waals surface area contributed by atoms with Crippen LogP contribution in [0.4, 0.5) is 0 Å². The Labute approximate surface area is 132 Å². The highest BCUT2D eigenvalue weighted by molar-refractivity contribution is 7.89. The Morgan fingerprint density at radius 3 is 2.05 bits per heavy atom. The lowest BCUT2D eigenvalue weighted by atomic mass is 10.3. The average Bonchev–Trinajstić information content (AvgIpc) is 3.02. The molecule has 0 bridgehead atoms. The van der Waals surface area contributed by atoms with Gasteiger partial charge in [0.15, 0.2) is 0 Å². The van der Waals surface area contributed by atoms with Crippen molar-refractivity contribution in [3.8, 4) is 0 Å². The smallest absolute Gasteiger partial charge is 0.208 e. The molecule has 0 radical (unpaired) electrons. The van der Waals surface area contributed by atoms with Crippen LogP contribution in [0.15, 0.2) is 34.1 Å². The molecule has 22 heavy (non-hydrogen) atoms. The van der Waals surface area contributed by atoms with Crippen molar-refractivity contribution in [3.63, 3.8) is 0 Å². The molecule has 2 rings (SSSR count). The Bertz CT molecular complexity index is 706. The maximum atomic E-state index is 12.4. The summed E-state index contributed by atoms with van der Waals surface area (Å²) in [6.07, 6.45) is 2.41. The van der Waals surface area contributed by atoms with Crippen LogP contribution >= 0.6 is 0 Å². The highest BCUT2D eigenvalue weighted by Gasteiger charge is 2.27. The molecular formula is C14H22N2O4S2. The summed E-state index contributed by atoms with van der Waals surface area (Å²) in [4.78, 5) is 0.213. The van der Waals surface area contributed by atoms with Crippen LogP contribution in [0.1, 0.15) is 33.1 Å². The van der Waals surface area contributed by atoms with Crippen LogP contribution in [0.2, 0.25) is 0 Å². The van der Waals surface area contributed by atoms with Crippen molar-refractivity contribution in [2.45, 2.75) is 48.9 Å². The van der Waals surface area contributed by atoms with Gasteiger partial charge in [-0.25, -0.2) is 21.6 Å². The van der Waals surface area contributed by atoms with E-state index in [4.69, 9.17) is 0 Å². The lowest BCUT2D eigenvalue weighted by Crippen LogP contribution is -2.32. The van der Waals surface area contributed by atoms with Crippen molar-refractivity contribution in [2.24, 2.45) is 0 Å². The zero-order valence-electron chi connectivity index (χ0n) is 12.8. The van der Waals surface area contributed by atoms with E-state index in [1.165, 1.54) is 28.6 Å². The number of hydrogen-bond acceptors (Lipinski definition) is 4. The first-order valence-electron chi connectivity index (χ1n) is 7.40. The van der Waals surface area contributed by atoms with Gasteiger partial charge in [0, 0.05) is 19.1 Å². The van der Waals surface area contributed by atoms with Crippen molar-refractivity contribution in [1.82, 2.24) is 9.03 Å². The normalized spacial score (nSPS) is 18.5. The second kappa shape index (κ2) is 6.66. The van der Waals surface area contributed by atoms with Crippen molar-refractivity contribution in [2.75, 3.05) is 13.1 Å². The number of rotatable bonds is 6. The van der Waals surface area contributed by atoms with Crippen LogP contribution in [0.3, 0.4) is 0 Å². The minimum atomic E-state index is -3.61. The molecule has 0 amide bonds. The minimum Gasteiger partial charge on any atom is -0.208 e. The largest absolute Gasteiger partial charge is 0.243 e. The number of nitrogens with one attached hydrogen (secondary N) is 1. The van der Waals surface area contributed by atoms with Crippen LogP contribution in [-0.2, 0) is 20.0 Å². The van der Waals surface area contributed by atoms with E-state index in [9.17, 15) is 16.8 Å². The highest BCUT2D eigenvalue weighted by Crippen LogP contribution is 2.22. The minimum absolute atomic E-state index is 0.0770. The van der Waals surface area contributed by atoms with Crippen molar-refractivity contribution in [3.05, 3.63) is 24.3 Å². The zero-order chi connectivity index (χ0) is 16.4. The molecule has 8 heteroatoms. The third kappa shape index (κ3) is 3.68. The van der Waals surface area contributed by atoms with Gasteiger partial charge in [-0.15, -0.1) is 0 Å². The van der Waals surface area contributed by atoms with E-state index in [0.717, 1.165) is 12.8 Å². The molecule has 0 unspecified atom stereocenters. The third-order valence-corrected chi connectivity index (χ3v) is 7.32. The van der Waals surface area contributed by atoms with Gasteiger partial charge in [0.25, 0.3) is 0 Å². The maximum absolute atomic E-state index is 12.4. The molecule has 1 aliphatic heterocycles. The molecule has 1 heterocycles. The number of sulfonamides is 2. The van der Waals surface area contributed by atoms with Crippen molar-refractivity contribution >= 4 is 20.0 Å². The fraction of sp³-hybridized carbons (Fsp3) is 0.571. The first-order chi connectivity index (χ1) is 10.3. The molecule has 6 nitrogen and oxygen atoms in total. The Morgan fingerprint density at radius 2 is 1.55 bits per heavy atom. The summed E-state index contributed by atoms with van der Waals surface area (Å²) >= 11 is 0. The van der Waals surface area contributed by atoms with E-state index in [2.05, 4.69) is 4.72 Å². The summed E-state index contributed by atoms with van der Waals surface area (Å²) in [5.41, 5.74) is 0. The van der Waals surface area contributed by atoms with Gasteiger partial charge < -0.3 is 0 Å². The zero-order valence-corrected chi connectivity index (χ0v) is 14.5. The fourth-order valence-electron chi connectivity index (χ4n) is 2.28. The molecule has 1 fully saturated rings. The summed E-state index contributed by atoms with van der Waals surface area (Å²) in [6.45, 7) is 4.72. The van der Waals surface area contributed by atoms with Crippen LogP contribution in [0.25, 0.3) is 0 Å². The number of hydrogen-bond donors (Lipinski definition) is 1. The van der Waals surface area contributed by atoms with Crippen LogP contribution in [0, 0.1) is 0 Å². The summed E-state index contributed by atoms with van der Waals surface area (Å²) in [7, 11) is -7.12. The Kier molecular flexibility index (Phi) is 5.26. The molecule has 0 saturated carbocycles. The fourth-order valence-corrected chi connectivity index (χ4v) is 5.13. The monoisotopic (exact) mass is 346 g/mol. The summed E-state index contributed by atoms with van der Waals surface area (Å²) in [5.74, 6) is 0. The molecule has 0 aromatic heterocycles. The second-order valence-corrected chi connectivity index (χ2v) is 9.17. The Balaban J connectivity index is 2.23. The van der Waals surface area contributed by atoms with Crippen LogP contribution < -0.4 is 4.72 Å². The van der Waals surface area contributed by atoms with Gasteiger partial charge in [-0.3, -0.25) is 0 Å². The summed E-state index contributed by atoms with van der Waals surface area (Å²) in [6, 6.07) is 5.23. The van der Waals surface area contributed by atoms with E-state index in [-0.39, 0.29) is 15.8 Å². The molecule has 0 aliphatic carbocycles. The SMILES string of the molecule is CC[C@@H](C)NS(=O)(=O)c1ccc(S(=O)(=O)N2CCCC2)cc1. The maximum Gasteiger partial charge on any atom is 0.243 e. The molecule has 0 spiro atoms. The van der Waals surface area contributed by atoms with E-state index < -0.39 is 20.0 Å². The van der Waals surface area contributed by atoms with E-state index in [1.807, 2.05) is 6.92 Å². The Morgan fingerprint density at radius 1 is 1.05 bits per heavy atom. The number of benzene rings is 1. The lowest BCUT2D eigenvalue weighted by molar-refractivity contribution is 0.477. The molecular weight excluding hydrogens is 324 g/mol.